The lowest BCUT2D eigenvalue weighted by atomic mass is 9.79. The summed E-state index contributed by atoms with van der Waals surface area (Å²) < 4.78 is 7.36. The first-order valence-electron chi connectivity index (χ1n) is 12.2. The minimum absolute atomic E-state index is 0.0768. The smallest absolute Gasteiger partial charge is 0.273 e. The van der Waals surface area contributed by atoms with Gasteiger partial charge in [-0.2, -0.15) is 10.4 Å². The number of aliphatic hydroxyl groups is 1. The van der Waals surface area contributed by atoms with Crippen LogP contribution in [0.1, 0.15) is 81.9 Å². The molecule has 1 aliphatic carbocycles. The third-order valence-electron chi connectivity index (χ3n) is 6.62. The van der Waals surface area contributed by atoms with E-state index in [0.29, 0.717) is 36.7 Å². The van der Waals surface area contributed by atoms with E-state index in [1.807, 2.05) is 25.1 Å². The van der Waals surface area contributed by atoms with Crippen molar-refractivity contribution in [3.63, 3.8) is 0 Å². The molecule has 184 valence electrons. The molecule has 1 aliphatic rings. The predicted molar refractivity (Wildman–Crippen MR) is 133 cm³/mol. The standard InChI is InChI=1S/C27H38N4O3/c1-7-31-24(20-9-8-19(14-22(20)34-6)15-26(3,4)5)21(16-28)23(30-31)25(32)29-17-27(33)12-10-18(2)11-13-27/h8-9,14,18,33H,7,10-13,15,17H2,1-6H3,(H,29,32). The number of carbonyl (C=O) groups excluding carboxylic acids is 1. The van der Waals surface area contributed by atoms with Gasteiger partial charge in [-0.3, -0.25) is 9.48 Å². The minimum atomic E-state index is -0.906. The second kappa shape index (κ2) is 10.2. The molecule has 1 amide bonds. The van der Waals surface area contributed by atoms with Crippen molar-refractivity contribution < 1.29 is 14.6 Å². The summed E-state index contributed by atoms with van der Waals surface area (Å²) in [6.07, 6.45) is 4.08. The number of rotatable bonds is 7. The van der Waals surface area contributed by atoms with E-state index in [-0.39, 0.29) is 23.2 Å². The lowest BCUT2D eigenvalue weighted by Crippen LogP contribution is -2.45. The fraction of sp³-hybridized carbons (Fsp3) is 0.593. The first kappa shape index (κ1) is 25.8. The Bertz CT molecular complexity index is 1070. The quantitative estimate of drug-likeness (QED) is 0.615. The normalized spacial score (nSPS) is 20.6. The van der Waals surface area contributed by atoms with Gasteiger partial charge in [0.05, 0.1) is 18.4 Å². The van der Waals surface area contributed by atoms with Gasteiger partial charge in [0.2, 0.25) is 0 Å². The van der Waals surface area contributed by atoms with Crippen LogP contribution in [0.15, 0.2) is 18.2 Å². The van der Waals surface area contributed by atoms with E-state index in [4.69, 9.17) is 4.74 Å². The highest BCUT2D eigenvalue weighted by atomic mass is 16.5. The number of nitrogens with one attached hydrogen (secondary N) is 1. The summed E-state index contributed by atoms with van der Waals surface area (Å²) in [6.45, 7) is 11.3. The summed E-state index contributed by atoms with van der Waals surface area (Å²) in [7, 11) is 1.61. The van der Waals surface area contributed by atoms with Gasteiger partial charge in [-0.25, -0.2) is 0 Å². The Morgan fingerprint density at radius 1 is 1.35 bits per heavy atom. The van der Waals surface area contributed by atoms with Crippen LogP contribution in [0.2, 0.25) is 0 Å². The van der Waals surface area contributed by atoms with Gasteiger partial charge in [0.1, 0.15) is 17.4 Å². The van der Waals surface area contributed by atoms with E-state index < -0.39 is 11.5 Å². The van der Waals surface area contributed by atoms with Crippen molar-refractivity contribution in [2.24, 2.45) is 11.3 Å². The molecule has 0 spiro atoms. The molecule has 0 bridgehead atoms. The summed E-state index contributed by atoms with van der Waals surface area (Å²) in [5, 5.41) is 28.2. The Hall–Kier alpha value is -2.85. The highest BCUT2D eigenvalue weighted by Crippen LogP contribution is 2.36. The summed E-state index contributed by atoms with van der Waals surface area (Å²) in [6, 6.07) is 8.17. The van der Waals surface area contributed by atoms with Crippen molar-refractivity contribution in [1.29, 1.82) is 5.26 Å². The number of carbonyl (C=O) groups is 1. The fourth-order valence-corrected chi connectivity index (χ4v) is 4.69. The molecular weight excluding hydrogens is 428 g/mol. The lowest BCUT2D eigenvalue weighted by molar-refractivity contribution is -0.00544. The largest absolute Gasteiger partial charge is 0.496 e. The zero-order valence-electron chi connectivity index (χ0n) is 21.4. The number of methoxy groups -OCH3 is 1. The van der Waals surface area contributed by atoms with Crippen LogP contribution in [0.5, 0.6) is 5.75 Å². The van der Waals surface area contributed by atoms with Crippen LogP contribution in [0.4, 0.5) is 0 Å². The van der Waals surface area contributed by atoms with Gasteiger partial charge in [0.25, 0.3) is 5.91 Å². The first-order valence-corrected chi connectivity index (χ1v) is 12.2. The number of ether oxygens (including phenoxy) is 1. The molecule has 1 aromatic heterocycles. The van der Waals surface area contributed by atoms with Gasteiger partial charge in [0.15, 0.2) is 5.69 Å². The number of amides is 1. The van der Waals surface area contributed by atoms with E-state index in [1.165, 1.54) is 0 Å². The number of hydrogen-bond donors (Lipinski definition) is 2. The Labute approximate surface area is 203 Å². The van der Waals surface area contributed by atoms with Crippen LogP contribution in [0.25, 0.3) is 11.3 Å². The highest BCUT2D eigenvalue weighted by Gasteiger charge is 2.33. The number of nitriles is 1. The van der Waals surface area contributed by atoms with Crippen LogP contribution in [-0.2, 0) is 13.0 Å². The van der Waals surface area contributed by atoms with Gasteiger partial charge in [-0.05, 0) is 68.1 Å². The third kappa shape index (κ3) is 5.79. The van der Waals surface area contributed by atoms with Crippen LogP contribution in [-0.4, -0.2) is 40.0 Å². The van der Waals surface area contributed by atoms with E-state index in [0.717, 1.165) is 30.4 Å². The predicted octanol–water partition coefficient (Wildman–Crippen LogP) is 4.71. The molecule has 0 saturated heterocycles. The molecule has 7 nitrogen and oxygen atoms in total. The van der Waals surface area contributed by atoms with E-state index >= 15 is 0 Å². The van der Waals surface area contributed by atoms with E-state index in [2.05, 4.69) is 44.2 Å². The Morgan fingerprint density at radius 2 is 2.03 bits per heavy atom. The molecule has 0 aliphatic heterocycles. The van der Waals surface area contributed by atoms with Gasteiger partial charge >= 0.3 is 0 Å². The number of benzene rings is 1. The van der Waals surface area contributed by atoms with Crippen molar-refractivity contribution in [2.45, 2.75) is 78.9 Å². The summed E-state index contributed by atoms with van der Waals surface area (Å²) in [5.41, 5.74) is 1.95. The number of aromatic nitrogens is 2. The highest BCUT2D eigenvalue weighted by molar-refractivity contribution is 5.97. The summed E-state index contributed by atoms with van der Waals surface area (Å²) in [4.78, 5) is 13.1. The summed E-state index contributed by atoms with van der Waals surface area (Å²) >= 11 is 0. The number of aryl methyl sites for hydroxylation is 1. The monoisotopic (exact) mass is 466 g/mol. The topological polar surface area (TPSA) is 100 Å². The van der Waals surface area contributed by atoms with Crippen LogP contribution >= 0.6 is 0 Å². The van der Waals surface area contributed by atoms with Crippen molar-refractivity contribution in [1.82, 2.24) is 15.1 Å². The Kier molecular flexibility index (Phi) is 7.72. The van der Waals surface area contributed by atoms with Crippen molar-refractivity contribution in [2.75, 3.05) is 13.7 Å². The average Bonchev–Trinajstić information content (AvgIpc) is 3.17. The number of nitrogens with zero attached hydrogens (tertiary/aromatic N) is 3. The van der Waals surface area contributed by atoms with E-state index in [9.17, 15) is 15.2 Å². The second-order valence-electron chi connectivity index (χ2n) is 10.9. The zero-order chi connectivity index (χ0) is 25.1. The van der Waals surface area contributed by atoms with Crippen molar-refractivity contribution >= 4 is 5.91 Å². The van der Waals surface area contributed by atoms with Gasteiger partial charge in [-0.1, -0.05) is 33.8 Å². The molecule has 1 saturated carbocycles. The van der Waals surface area contributed by atoms with Gasteiger partial charge in [-0.15, -0.1) is 0 Å². The Morgan fingerprint density at radius 3 is 2.59 bits per heavy atom. The van der Waals surface area contributed by atoms with Gasteiger partial charge < -0.3 is 15.2 Å². The van der Waals surface area contributed by atoms with E-state index in [1.54, 1.807) is 11.8 Å². The molecule has 0 atom stereocenters. The second-order valence-corrected chi connectivity index (χ2v) is 10.9. The molecule has 1 fully saturated rings. The molecule has 2 N–H and O–H groups in total. The van der Waals surface area contributed by atoms with Crippen LogP contribution in [0.3, 0.4) is 0 Å². The molecule has 34 heavy (non-hydrogen) atoms. The lowest BCUT2D eigenvalue weighted by Gasteiger charge is -2.34. The van der Waals surface area contributed by atoms with Gasteiger partial charge in [0, 0.05) is 18.7 Å². The molecule has 1 heterocycles. The minimum Gasteiger partial charge on any atom is -0.496 e. The maximum atomic E-state index is 13.1. The molecule has 7 heteroatoms. The average molecular weight is 467 g/mol. The number of hydrogen-bond acceptors (Lipinski definition) is 5. The maximum absolute atomic E-state index is 13.1. The third-order valence-corrected chi connectivity index (χ3v) is 6.62. The fourth-order valence-electron chi connectivity index (χ4n) is 4.69. The molecule has 1 aromatic carbocycles. The molecule has 2 aromatic rings. The SMILES string of the molecule is CCn1nc(C(=O)NCC2(O)CCC(C)CC2)c(C#N)c1-c1ccc(CC(C)(C)C)cc1OC. The zero-order valence-corrected chi connectivity index (χ0v) is 21.4. The maximum Gasteiger partial charge on any atom is 0.273 e. The van der Waals surface area contributed by atoms with Crippen LogP contribution < -0.4 is 10.1 Å². The molecular formula is C27H38N4O3. The Balaban J connectivity index is 1.93. The molecule has 3 rings (SSSR count). The first-order chi connectivity index (χ1) is 16.0. The van der Waals surface area contributed by atoms with Crippen molar-refractivity contribution in [3.8, 4) is 23.1 Å². The van der Waals surface area contributed by atoms with Crippen LogP contribution in [0, 0.1) is 22.7 Å². The molecule has 0 radical (unpaired) electrons. The van der Waals surface area contributed by atoms with Crippen molar-refractivity contribution in [3.05, 3.63) is 35.0 Å². The molecule has 0 unspecified atom stereocenters. The summed E-state index contributed by atoms with van der Waals surface area (Å²) in [5.74, 6) is 0.791.